The van der Waals surface area contributed by atoms with E-state index in [1.807, 2.05) is 0 Å². The molecule has 17 heavy (non-hydrogen) atoms. The number of rotatable bonds is 2. The Balaban J connectivity index is 1.77. The minimum absolute atomic E-state index is 0.0217. The lowest BCUT2D eigenvalue weighted by Gasteiger charge is -2.34. The number of H-pyrrole nitrogens is 1. The summed E-state index contributed by atoms with van der Waals surface area (Å²) in [7, 11) is 0. The lowest BCUT2D eigenvalue weighted by molar-refractivity contribution is -0.147. The van der Waals surface area contributed by atoms with Gasteiger partial charge in [0, 0.05) is 24.9 Å². The first-order valence-corrected chi connectivity index (χ1v) is 5.84. The van der Waals surface area contributed by atoms with Crippen LogP contribution in [-0.2, 0) is 16.0 Å². The highest BCUT2D eigenvalue weighted by Gasteiger charge is 2.42. The maximum Gasteiger partial charge on any atom is 0.246 e. The molecular weight excluding hydrogens is 220 g/mol. The van der Waals surface area contributed by atoms with E-state index < -0.39 is 6.04 Å². The van der Waals surface area contributed by atoms with Crippen molar-refractivity contribution < 1.29 is 9.59 Å². The van der Waals surface area contributed by atoms with Gasteiger partial charge in [0.2, 0.25) is 11.8 Å². The molecule has 0 spiro atoms. The molecule has 2 saturated heterocycles. The van der Waals surface area contributed by atoms with E-state index in [1.165, 1.54) is 0 Å². The molecule has 2 N–H and O–H groups in total. The molecule has 1 aromatic rings. The molecule has 2 amide bonds. The van der Waals surface area contributed by atoms with Gasteiger partial charge in [-0.3, -0.25) is 9.59 Å². The molecule has 0 bridgehead atoms. The van der Waals surface area contributed by atoms with E-state index in [4.69, 9.17) is 0 Å². The molecule has 0 aromatic carbocycles. The van der Waals surface area contributed by atoms with Crippen molar-refractivity contribution in [3.63, 3.8) is 0 Å². The summed E-state index contributed by atoms with van der Waals surface area (Å²) in [5.41, 5.74) is 0.862. The summed E-state index contributed by atoms with van der Waals surface area (Å²) in [5, 5.41) is 2.80. The second-order valence-corrected chi connectivity index (χ2v) is 4.53. The van der Waals surface area contributed by atoms with Gasteiger partial charge in [-0.15, -0.1) is 0 Å². The van der Waals surface area contributed by atoms with Gasteiger partial charge in [-0.05, 0) is 12.8 Å². The molecule has 2 atom stereocenters. The van der Waals surface area contributed by atoms with Crippen molar-refractivity contribution in [2.75, 3.05) is 6.54 Å². The number of carbonyl (C=O) groups is 2. The smallest absolute Gasteiger partial charge is 0.246 e. The van der Waals surface area contributed by atoms with Gasteiger partial charge >= 0.3 is 0 Å². The van der Waals surface area contributed by atoms with Crippen molar-refractivity contribution in [3.05, 3.63) is 18.2 Å². The van der Waals surface area contributed by atoms with Crippen molar-refractivity contribution in [3.8, 4) is 0 Å². The van der Waals surface area contributed by atoms with Gasteiger partial charge in [0.15, 0.2) is 0 Å². The third-order valence-corrected chi connectivity index (χ3v) is 3.43. The molecule has 2 aliphatic rings. The highest BCUT2D eigenvalue weighted by Crippen LogP contribution is 2.22. The molecule has 3 rings (SSSR count). The van der Waals surface area contributed by atoms with Gasteiger partial charge in [-0.2, -0.15) is 0 Å². The average Bonchev–Trinajstić information content (AvgIpc) is 2.96. The van der Waals surface area contributed by atoms with Gasteiger partial charge in [-0.25, -0.2) is 4.98 Å². The normalized spacial score (nSPS) is 28.1. The summed E-state index contributed by atoms with van der Waals surface area (Å²) in [6, 6.07) is -0.683. The fraction of sp³-hybridized carbons (Fsp3) is 0.545. The highest BCUT2D eigenvalue weighted by molar-refractivity contribution is 5.97. The van der Waals surface area contributed by atoms with Crippen molar-refractivity contribution >= 4 is 11.8 Å². The van der Waals surface area contributed by atoms with Gasteiger partial charge in [0.05, 0.1) is 6.33 Å². The summed E-state index contributed by atoms with van der Waals surface area (Å²) in [6.45, 7) is 0.705. The minimum atomic E-state index is -0.447. The average molecular weight is 234 g/mol. The van der Waals surface area contributed by atoms with Crippen LogP contribution in [0.2, 0.25) is 0 Å². The van der Waals surface area contributed by atoms with Crippen LogP contribution in [0.3, 0.4) is 0 Å². The Morgan fingerprint density at radius 2 is 2.35 bits per heavy atom. The summed E-state index contributed by atoms with van der Waals surface area (Å²) in [6.07, 6.45) is 5.43. The van der Waals surface area contributed by atoms with Gasteiger partial charge in [0.25, 0.3) is 0 Å². The zero-order valence-corrected chi connectivity index (χ0v) is 9.35. The van der Waals surface area contributed by atoms with Gasteiger partial charge < -0.3 is 15.2 Å². The largest absolute Gasteiger partial charge is 0.348 e. The predicted octanol–water partition coefficient (Wildman–Crippen LogP) is -0.558. The van der Waals surface area contributed by atoms with E-state index >= 15 is 0 Å². The number of imidazole rings is 1. The summed E-state index contributed by atoms with van der Waals surface area (Å²) >= 11 is 0. The summed E-state index contributed by atoms with van der Waals surface area (Å²) in [5.74, 6) is 0.00770. The third kappa shape index (κ3) is 1.69. The van der Waals surface area contributed by atoms with Crippen LogP contribution in [0.5, 0.6) is 0 Å². The fourth-order valence-corrected chi connectivity index (χ4v) is 2.59. The number of carbonyl (C=O) groups excluding carboxylic acids is 2. The van der Waals surface area contributed by atoms with Crippen molar-refractivity contribution in [1.29, 1.82) is 0 Å². The number of nitrogens with one attached hydrogen (secondary N) is 2. The molecule has 0 aliphatic carbocycles. The zero-order chi connectivity index (χ0) is 11.8. The molecule has 90 valence electrons. The number of aromatic nitrogens is 2. The Morgan fingerprint density at radius 1 is 1.47 bits per heavy atom. The van der Waals surface area contributed by atoms with Crippen molar-refractivity contribution in [2.24, 2.45) is 0 Å². The van der Waals surface area contributed by atoms with Crippen LogP contribution in [-0.4, -0.2) is 45.3 Å². The molecule has 0 saturated carbocycles. The van der Waals surface area contributed by atoms with Crippen LogP contribution < -0.4 is 5.32 Å². The van der Waals surface area contributed by atoms with Crippen LogP contribution in [0.15, 0.2) is 12.5 Å². The number of aromatic amines is 1. The number of fused-ring (bicyclic) bond motifs is 1. The number of hydrogen-bond acceptors (Lipinski definition) is 3. The molecule has 6 heteroatoms. The Hall–Kier alpha value is -1.85. The monoisotopic (exact) mass is 234 g/mol. The number of piperazine rings is 1. The van der Waals surface area contributed by atoms with Crippen molar-refractivity contribution in [1.82, 2.24) is 20.2 Å². The van der Waals surface area contributed by atoms with Gasteiger partial charge in [-0.1, -0.05) is 0 Å². The molecule has 3 heterocycles. The zero-order valence-electron chi connectivity index (χ0n) is 9.35. The molecule has 6 nitrogen and oxygen atoms in total. The van der Waals surface area contributed by atoms with Crippen LogP contribution in [0.25, 0.3) is 0 Å². The van der Waals surface area contributed by atoms with Gasteiger partial charge in [0.1, 0.15) is 12.1 Å². The Bertz CT molecular complexity index is 442. The lowest BCUT2D eigenvalue weighted by atomic mass is 10.0. The first-order valence-electron chi connectivity index (χ1n) is 5.84. The molecule has 0 radical (unpaired) electrons. The number of nitrogens with zero attached hydrogens (tertiary/aromatic N) is 2. The molecule has 2 aliphatic heterocycles. The van der Waals surface area contributed by atoms with E-state index in [1.54, 1.807) is 17.4 Å². The summed E-state index contributed by atoms with van der Waals surface area (Å²) in [4.78, 5) is 32.5. The second-order valence-electron chi connectivity index (χ2n) is 4.53. The van der Waals surface area contributed by atoms with Crippen LogP contribution in [0.1, 0.15) is 18.5 Å². The SMILES string of the molecule is O=C1N[C@@H](Cc2cnc[nH]2)C(=O)N2CCC[C@@H]12. The number of amides is 2. The van der Waals surface area contributed by atoms with Crippen LogP contribution >= 0.6 is 0 Å². The topological polar surface area (TPSA) is 78.1 Å². The Kier molecular flexibility index (Phi) is 2.35. The van der Waals surface area contributed by atoms with E-state index in [9.17, 15) is 9.59 Å². The second kappa shape index (κ2) is 3.87. The predicted molar refractivity (Wildman–Crippen MR) is 59.0 cm³/mol. The van der Waals surface area contributed by atoms with E-state index in [2.05, 4.69) is 15.3 Å². The Labute approximate surface area is 98.4 Å². The standard InChI is InChI=1S/C11H14N4O2/c16-10-9-2-1-3-15(9)11(17)8(14-10)4-7-5-12-6-13-7/h5-6,8-9H,1-4H2,(H,12,13)(H,14,16)/t8-,9-/m0/s1. The first-order chi connectivity index (χ1) is 8.25. The van der Waals surface area contributed by atoms with Crippen LogP contribution in [0, 0.1) is 0 Å². The quantitative estimate of drug-likeness (QED) is 0.720. The van der Waals surface area contributed by atoms with E-state index in [-0.39, 0.29) is 17.9 Å². The van der Waals surface area contributed by atoms with Crippen LogP contribution in [0.4, 0.5) is 0 Å². The Morgan fingerprint density at radius 3 is 3.12 bits per heavy atom. The maximum absolute atomic E-state index is 12.2. The van der Waals surface area contributed by atoms with E-state index in [0.29, 0.717) is 13.0 Å². The first kappa shape index (κ1) is 10.3. The number of hydrogen-bond donors (Lipinski definition) is 2. The maximum atomic E-state index is 12.2. The lowest BCUT2D eigenvalue weighted by Crippen LogP contribution is -2.61. The molecular formula is C11H14N4O2. The highest BCUT2D eigenvalue weighted by atomic mass is 16.2. The third-order valence-electron chi connectivity index (χ3n) is 3.43. The molecule has 0 unspecified atom stereocenters. The van der Waals surface area contributed by atoms with Crippen molar-refractivity contribution in [2.45, 2.75) is 31.3 Å². The molecule has 1 aromatic heterocycles. The minimum Gasteiger partial charge on any atom is -0.348 e. The summed E-state index contributed by atoms with van der Waals surface area (Å²) < 4.78 is 0. The van der Waals surface area contributed by atoms with E-state index in [0.717, 1.165) is 18.5 Å². The fourth-order valence-electron chi connectivity index (χ4n) is 2.59. The molecule has 2 fully saturated rings.